The third-order valence-corrected chi connectivity index (χ3v) is 2.68. The van der Waals surface area contributed by atoms with Gasteiger partial charge in [0.15, 0.2) is 0 Å². The van der Waals surface area contributed by atoms with Gasteiger partial charge in [0, 0.05) is 5.88 Å². The monoisotopic (exact) mass is 204 g/mol. The maximum Gasteiger partial charge on any atom is 0.0264 e. The van der Waals surface area contributed by atoms with Gasteiger partial charge >= 0.3 is 0 Å². The lowest BCUT2D eigenvalue weighted by atomic mass is 10.0. The molecule has 0 saturated carbocycles. The lowest BCUT2D eigenvalue weighted by Crippen LogP contribution is -1.88. The van der Waals surface area contributed by atoms with Gasteiger partial charge in [0.2, 0.25) is 0 Å². The molecule has 0 aliphatic rings. The van der Waals surface area contributed by atoms with E-state index in [-0.39, 0.29) is 0 Å². The Morgan fingerprint density at radius 2 is 2.00 bits per heavy atom. The molecular weight excluding hydrogens is 192 g/mol. The SMILES string of the molecule is Cc1ccc2cccc(CCCl)c2c1. The van der Waals surface area contributed by atoms with Crippen LogP contribution in [0, 0.1) is 6.92 Å². The predicted octanol–water partition coefficient (Wildman–Crippen LogP) is 3.93. The van der Waals surface area contributed by atoms with Crippen LogP contribution in [0.15, 0.2) is 36.4 Å². The Morgan fingerprint density at radius 1 is 1.14 bits per heavy atom. The number of rotatable bonds is 2. The quantitative estimate of drug-likeness (QED) is 0.651. The standard InChI is InChI=1S/C13H13Cl/c1-10-5-6-11-3-2-4-12(7-8-14)13(11)9-10/h2-6,9H,7-8H2,1H3. The van der Waals surface area contributed by atoms with Gasteiger partial charge in [0.25, 0.3) is 0 Å². The van der Waals surface area contributed by atoms with Crippen LogP contribution in [0.4, 0.5) is 0 Å². The average molecular weight is 205 g/mol. The minimum atomic E-state index is 0.688. The van der Waals surface area contributed by atoms with Crippen molar-refractivity contribution < 1.29 is 0 Å². The van der Waals surface area contributed by atoms with E-state index in [9.17, 15) is 0 Å². The molecule has 0 heterocycles. The largest absolute Gasteiger partial charge is 0.126 e. The molecule has 0 bridgehead atoms. The van der Waals surface area contributed by atoms with E-state index in [1.807, 2.05) is 0 Å². The summed E-state index contributed by atoms with van der Waals surface area (Å²) in [4.78, 5) is 0. The summed E-state index contributed by atoms with van der Waals surface area (Å²) in [7, 11) is 0. The first kappa shape index (κ1) is 9.54. The Morgan fingerprint density at radius 3 is 2.79 bits per heavy atom. The highest BCUT2D eigenvalue weighted by Crippen LogP contribution is 2.20. The molecule has 0 saturated heterocycles. The van der Waals surface area contributed by atoms with Gasteiger partial charge in [-0.15, -0.1) is 11.6 Å². The molecule has 0 nitrogen and oxygen atoms in total. The second kappa shape index (κ2) is 4.02. The van der Waals surface area contributed by atoms with Gasteiger partial charge in [-0.25, -0.2) is 0 Å². The van der Waals surface area contributed by atoms with Crippen LogP contribution in [-0.4, -0.2) is 5.88 Å². The fraction of sp³-hybridized carbons (Fsp3) is 0.231. The molecule has 0 radical (unpaired) electrons. The summed E-state index contributed by atoms with van der Waals surface area (Å²) < 4.78 is 0. The van der Waals surface area contributed by atoms with E-state index < -0.39 is 0 Å². The number of halogens is 1. The molecule has 1 heteroatoms. The van der Waals surface area contributed by atoms with E-state index in [0.717, 1.165) is 6.42 Å². The number of hydrogen-bond acceptors (Lipinski definition) is 0. The zero-order valence-electron chi connectivity index (χ0n) is 8.26. The van der Waals surface area contributed by atoms with E-state index in [0.29, 0.717) is 5.88 Å². The van der Waals surface area contributed by atoms with Gasteiger partial charge in [0.05, 0.1) is 0 Å². The topological polar surface area (TPSA) is 0 Å². The molecule has 2 rings (SSSR count). The van der Waals surface area contributed by atoms with Crippen LogP contribution in [0.2, 0.25) is 0 Å². The summed E-state index contributed by atoms with van der Waals surface area (Å²) in [5.41, 5.74) is 2.65. The minimum absolute atomic E-state index is 0.688. The first-order chi connectivity index (χ1) is 6.81. The number of aryl methyl sites for hydroxylation is 2. The van der Waals surface area contributed by atoms with Crippen molar-refractivity contribution in [3.05, 3.63) is 47.5 Å². The summed E-state index contributed by atoms with van der Waals surface area (Å²) in [5.74, 6) is 0.688. The van der Waals surface area contributed by atoms with Crippen molar-refractivity contribution in [1.82, 2.24) is 0 Å². The summed E-state index contributed by atoms with van der Waals surface area (Å²) in [6.07, 6.45) is 0.947. The number of hydrogen-bond donors (Lipinski definition) is 0. The van der Waals surface area contributed by atoms with Crippen molar-refractivity contribution in [1.29, 1.82) is 0 Å². The van der Waals surface area contributed by atoms with Crippen molar-refractivity contribution in [2.75, 3.05) is 5.88 Å². The molecule has 0 N–H and O–H groups in total. The Bertz CT molecular complexity index is 446. The molecule has 0 fully saturated rings. The lowest BCUT2D eigenvalue weighted by molar-refractivity contribution is 1.17. The summed E-state index contributed by atoms with van der Waals surface area (Å²) >= 11 is 5.78. The molecule has 72 valence electrons. The first-order valence-electron chi connectivity index (χ1n) is 4.85. The van der Waals surface area contributed by atoms with Gasteiger partial charge in [-0.05, 0) is 29.7 Å². The van der Waals surface area contributed by atoms with Crippen LogP contribution in [-0.2, 0) is 6.42 Å². The third kappa shape index (κ3) is 1.76. The smallest absolute Gasteiger partial charge is 0.0264 e. The number of fused-ring (bicyclic) bond motifs is 1. The fourth-order valence-corrected chi connectivity index (χ4v) is 1.97. The van der Waals surface area contributed by atoms with E-state index in [1.54, 1.807) is 0 Å². The van der Waals surface area contributed by atoms with Crippen LogP contribution >= 0.6 is 11.6 Å². The summed E-state index contributed by atoms with van der Waals surface area (Å²) in [5, 5.41) is 2.64. The zero-order chi connectivity index (χ0) is 9.97. The normalized spacial score (nSPS) is 10.7. The van der Waals surface area contributed by atoms with Gasteiger partial charge in [-0.2, -0.15) is 0 Å². The van der Waals surface area contributed by atoms with Gasteiger partial charge < -0.3 is 0 Å². The summed E-state index contributed by atoms with van der Waals surface area (Å²) in [6.45, 7) is 2.12. The van der Waals surface area contributed by atoms with Crippen molar-refractivity contribution >= 4 is 22.4 Å². The van der Waals surface area contributed by atoms with Crippen LogP contribution in [0.3, 0.4) is 0 Å². The highest BCUT2D eigenvalue weighted by atomic mass is 35.5. The molecule has 2 aromatic carbocycles. The Balaban J connectivity index is 2.64. The zero-order valence-corrected chi connectivity index (χ0v) is 9.01. The van der Waals surface area contributed by atoms with Crippen molar-refractivity contribution in [2.24, 2.45) is 0 Å². The number of alkyl halides is 1. The van der Waals surface area contributed by atoms with Crippen LogP contribution in [0.5, 0.6) is 0 Å². The molecule has 0 amide bonds. The van der Waals surface area contributed by atoms with Crippen LogP contribution < -0.4 is 0 Å². The fourth-order valence-electron chi connectivity index (χ4n) is 1.77. The van der Waals surface area contributed by atoms with Crippen molar-refractivity contribution in [3.8, 4) is 0 Å². The highest BCUT2D eigenvalue weighted by molar-refractivity contribution is 6.18. The van der Waals surface area contributed by atoms with E-state index in [1.165, 1.54) is 21.9 Å². The summed E-state index contributed by atoms with van der Waals surface area (Å²) in [6, 6.07) is 12.9. The number of benzene rings is 2. The van der Waals surface area contributed by atoms with Crippen molar-refractivity contribution in [3.63, 3.8) is 0 Å². The maximum atomic E-state index is 5.78. The molecule has 0 aromatic heterocycles. The van der Waals surface area contributed by atoms with Gasteiger partial charge in [-0.1, -0.05) is 42.0 Å². The molecule has 0 aliphatic carbocycles. The van der Waals surface area contributed by atoms with Gasteiger partial charge in [-0.3, -0.25) is 0 Å². The van der Waals surface area contributed by atoms with Crippen LogP contribution in [0.25, 0.3) is 10.8 Å². The Labute approximate surface area is 89.5 Å². The lowest BCUT2D eigenvalue weighted by Gasteiger charge is -2.05. The maximum absolute atomic E-state index is 5.78. The average Bonchev–Trinajstić information content (AvgIpc) is 2.19. The van der Waals surface area contributed by atoms with E-state index in [2.05, 4.69) is 43.3 Å². The second-order valence-electron chi connectivity index (χ2n) is 3.58. The Kier molecular flexibility index (Phi) is 2.74. The van der Waals surface area contributed by atoms with Crippen LogP contribution in [0.1, 0.15) is 11.1 Å². The molecule has 0 atom stereocenters. The first-order valence-corrected chi connectivity index (χ1v) is 5.39. The van der Waals surface area contributed by atoms with E-state index in [4.69, 9.17) is 11.6 Å². The molecule has 2 aromatic rings. The van der Waals surface area contributed by atoms with Crippen molar-refractivity contribution in [2.45, 2.75) is 13.3 Å². The molecule has 0 spiro atoms. The van der Waals surface area contributed by atoms with E-state index >= 15 is 0 Å². The highest BCUT2D eigenvalue weighted by Gasteiger charge is 1.99. The molecular formula is C13H13Cl. The Hall–Kier alpha value is -1.01. The third-order valence-electron chi connectivity index (χ3n) is 2.49. The molecule has 14 heavy (non-hydrogen) atoms. The molecule has 0 aliphatic heterocycles. The molecule has 0 unspecified atom stereocenters. The predicted molar refractivity (Wildman–Crippen MR) is 63.1 cm³/mol. The minimum Gasteiger partial charge on any atom is -0.126 e. The van der Waals surface area contributed by atoms with Gasteiger partial charge in [0.1, 0.15) is 0 Å². The second-order valence-corrected chi connectivity index (χ2v) is 3.96.